The van der Waals surface area contributed by atoms with Gasteiger partial charge < -0.3 is 14.4 Å². The van der Waals surface area contributed by atoms with Crippen molar-refractivity contribution in [2.75, 3.05) is 39.9 Å². The number of thiophene rings is 1. The highest BCUT2D eigenvalue weighted by atomic mass is 32.1. The average Bonchev–Trinajstić information content (AvgIpc) is 3.12. The fraction of sp³-hybridized carbons (Fsp3) is 0.462. The van der Waals surface area contributed by atoms with Crippen LogP contribution in [0.5, 0.6) is 11.5 Å². The summed E-state index contributed by atoms with van der Waals surface area (Å²) in [6, 6.07) is 13.8. The molecule has 0 atom stereocenters. The second kappa shape index (κ2) is 9.19. The molecule has 0 bridgehead atoms. The third-order valence-electron chi connectivity index (χ3n) is 6.76. The topological polar surface area (TPSA) is 24.9 Å². The predicted molar refractivity (Wildman–Crippen MR) is 129 cm³/mol. The van der Waals surface area contributed by atoms with E-state index in [1.807, 2.05) is 0 Å². The maximum absolute atomic E-state index is 6.24. The quantitative estimate of drug-likeness (QED) is 0.516. The van der Waals surface area contributed by atoms with E-state index < -0.39 is 0 Å². The molecule has 2 aromatic carbocycles. The van der Waals surface area contributed by atoms with E-state index in [0.717, 1.165) is 31.2 Å². The van der Waals surface area contributed by atoms with E-state index in [1.165, 1.54) is 65.7 Å². The number of hydrogen-bond donors (Lipinski definition) is 0. The Morgan fingerprint density at radius 3 is 2.77 bits per heavy atom. The van der Waals surface area contributed by atoms with Gasteiger partial charge in [0.15, 0.2) is 11.5 Å². The maximum Gasteiger partial charge on any atom is 0.165 e. The number of ether oxygens (including phenoxy) is 2. The van der Waals surface area contributed by atoms with Gasteiger partial charge in [-0.2, -0.15) is 0 Å². The number of piperidine rings is 1. The van der Waals surface area contributed by atoms with E-state index in [-0.39, 0.29) is 0 Å². The molecule has 0 radical (unpaired) electrons. The molecule has 1 aromatic heterocycles. The lowest BCUT2D eigenvalue weighted by Gasteiger charge is -2.37. The van der Waals surface area contributed by atoms with Crippen molar-refractivity contribution in [1.29, 1.82) is 0 Å². The Hall–Kier alpha value is -2.08. The fourth-order valence-electron chi connectivity index (χ4n) is 5.15. The van der Waals surface area contributed by atoms with Crippen LogP contribution in [0.15, 0.2) is 41.8 Å². The number of hydrogen-bond acceptors (Lipinski definition) is 5. The van der Waals surface area contributed by atoms with Crippen molar-refractivity contribution in [2.45, 2.75) is 38.8 Å². The van der Waals surface area contributed by atoms with Gasteiger partial charge in [-0.3, -0.25) is 4.90 Å². The van der Waals surface area contributed by atoms with E-state index in [9.17, 15) is 0 Å². The summed E-state index contributed by atoms with van der Waals surface area (Å²) in [5.74, 6) is 1.78. The minimum Gasteiger partial charge on any atom is -0.493 e. The summed E-state index contributed by atoms with van der Waals surface area (Å²) in [5.41, 5.74) is 3.75. The number of likely N-dealkylation sites (tertiary alicyclic amines) is 1. The molecular formula is C26H32N2O2S. The lowest BCUT2D eigenvalue weighted by atomic mass is 9.99. The fourth-order valence-corrected chi connectivity index (χ4v) is 6.12. The zero-order valence-corrected chi connectivity index (χ0v) is 19.4. The van der Waals surface area contributed by atoms with Gasteiger partial charge in [0, 0.05) is 40.3 Å². The number of benzene rings is 2. The van der Waals surface area contributed by atoms with Crippen LogP contribution in [0.1, 0.15) is 31.7 Å². The smallest absolute Gasteiger partial charge is 0.165 e. The van der Waals surface area contributed by atoms with Crippen LogP contribution in [0, 0.1) is 0 Å². The second-order valence-corrected chi connectivity index (χ2v) is 9.62. The summed E-state index contributed by atoms with van der Waals surface area (Å²) in [7, 11) is 1.75. The molecule has 3 heterocycles. The molecule has 164 valence electrons. The van der Waals surface area contributed by atoms with Gasteiger partial charge in [0.05, 0.1) is 7.11 Å². The first-order valence-corrected chi connectivity index (χ1v) is 12.4. The van der Waals surface area contributed by atoms with E-state index >= 15 is 0 Å². The molecule has 1 saturated heterocycles. The van der Waals surface area contributed by atoms with Gasteiger partial charge in [0.25, 0.3) is 0 Å². The first kappa shape index (κ1) is 20.8. The minimum absolute atomic E-state index is 0.638. The SMILES string of the molecule is CCCN1CCC(N2CCOc3c(cc(-c4csc5ccccc45)cc3OC)C2)CC1. The Morgan fingerprint density at radius 2 is 1.97 bits per heavy atom. The Labute approximate surface area is 189 Å². The Balaban J connectivity index is 1.44. The minimum atomic E-state index is 0.638. The molecule has 0 spiro atoms. The van der Waals surface area contributed by atoms with Crippen molar-refractivity contribution < 1.29 is 9.47 Å². The summed E-state index contributed by atoms with van der Waals surface area (Å²) in [4.78, 5) is 5.26. The van der Waals surface area contributed by atoms with Crippen LogP contribution < -0.4 is 9.47 Å². The molecule has 5 heteroatoms. The molecule has 3 aromatic rings. The van der Waals surface area contributed by atoms with Gasteiger partial charge in [-0.15, -0.1) is 11.3 Å². The van der Waals surface area contributed by atoms with Gasteiger partial charge in [-0.25, -0.2) is 0 Å². The largest absolute Gasteiger partial charge is 0.493 e. The molecule has 2 aliphatic heterocycles. The Kier molecular flexibility index (Phi) is 6.17. The van der Waals surface area contributed by atoms with Gasteiger partial charge in [0.2, 0.25) is 0 Å². The molecule has 0 unspecified atom stereocenters. The third-order valence-corrected chi connectivity index (χ3v) is 7.72. The second-order valence-electron chi connectivity index (χ2n) is 8.70. The lowest BCUT2D eigenvalue weighted by Crippen LogP contribution is -2.45. The zero-order valence-electron chi connectivity index (χ0n) is 18.6. The van der Waals surface area contributed by atoms with Crippen LogP contribution in [0.3, 0.4) is 0 Å². The molecule has 31 heavy (non-hydrogen) atoms. The van der Waals surface area contributed by atoms with Crippen LogP contribution in [0.2, 0.25) is 0 Å². The standard InChI is InChI=1S/C26H32N2O2S/c1-3-10-27-11-8-21(9-12-27)28-13-14-30-26-20(17-28)15-19(16-24(26)29-2)23-18-31-25-7-5-4-6-22(23)25/h4-7,15-16,18,21H,3,8-14,17H2,1-2H3. The van der Waals surface area contributed by atoms with Crippen molar-refractivity contribution in [3.8, 4) is 22.6 Å². The highest BCUT2D eigenvalue weighted by molar-refractivity contribution is 7.17. The molecule has 2 aliphatic rings. The molecule has 0 saturated carbocycles. The van der Waals surface area contributed by atoms with E-state index in [2.05, 4.69) is 58.5 Å². The molecule has 1 fully saturated rings. The van der Waals surface area contributed by atoms with Gasteiger partial charge >= 0.3 is 0 Å². The summed E-state index contributed by atoms with van der Waals surface area (Å²) >= 11 is 1.80. The van der Waals surface area contributed by atoms with E-state index in [4.69, 9.17) is 9.47 Å². The third kappa shape index (κ3) is 4.19. The average molecular weight is 437 g/mol. The number of rotatable bonds is 5. The van der Waals surface area contributed by atoms with Crippen molar-refractivity contribution >= 4 is 21.4 Å². The zero-order chi connectivity index (χ0) is 21.2. The molecule has 0 amide bonds. The van der Waals surface area contributed by atoms with Gasteiger partial charge in [0.1, 0.15) is 6.61 Å². The molecule has 5 rings (SSSR count). The van der Waals surface area contributed by atoms with Crippen molar-refractivity contribution in [3.05, 3.63) is 47.3 Å². The highest BCUT2D eigenvalue weighted by Crippen LogP contribution is 2.42. The summed E-state index contributed by atoms with van der Waals surface area (Å²) in [6.07, 6.45) is 3.75. The molecule has 0 aliphatic carbocycles. The lowest BCUT2D eigenvalue weighted by molar-refractivity contribution is 0.0969. The highest BCUT2D eigenvalue weighted by Gasteiger charge is 2.28. The molecular weight excluding hydrogens is 404 g/mol. The molecule has 0 N–H and O–H groups in total. The van der Waals surface area contributed by atoms with E-state index in [0.29, 0.717) is 6.04 Å². The predicted octanol–water partition coefficient (Wildman–Crippen LogP) is 5.65. The van der Waals surface area contributed by atoms with Crippen molar-refractivity contribution in [1.82, 2.24) is 9.80 Å². The number of methoxy groups -OCH3 is 1. The number of nitrogens with zero attached hydrogens (tertiary/aromatic N) is 2. The monoisotopic (exact) mass is 436 g/mol. The summed E-state index contributed by atoms with van der Waals surface area (Å²) in [6.45, 7) is 8.57. The van der Waals surface area contributed by atoms with Crippen LogP contribution in [-0.2, 0) is 6.54 Å². The van der Waals surface area contributed by atoms with Gasteiger partial charge in [-0.05, 0) is 68.0 Å². The Morgan fingerprint density at radius 1 is 1.13 bits per heavy atom. The first-order valence-electron chi connectivity index (χ1n) is 11.5. The van der Waals surface area contributed by atoms with Crippen LogP contribution in [-0.4, -0.2) is 55.7 Å². The molecule has 4 nitrogen and oxygen atoms in total. The van der Waals surface area contributed by atoms with Crippen LogP contribution in [0.4, 0.5) is 0 Å². The van der Waals surface area contributed by atoms with Gasteiger partial charge in [-0.1, -0.05) is 25.1 Å². The summed E-state index contributed by atoms with van der Waals surface area (Å²) in [5, 5.41) is 3.58. The number of fused-ring (bicyclic) bond motifs is 2. The van der Waals surface area contributed by atoms with Crippen molar-refractivity contribution in [2.24, 2.45) is 0 Å². The van der Waals surface area contributed by atoms with Crippen LogP contribution >= 0.6 is 11.3 Å². The first-order chi connectivity index (χ1) is 15.3. The Bertz CT molecular complexity index is 1040. The van der Waals surface area contributed by atoms with Crippen molar-refractivity contribution in [3.63, 3.8) is 0 Å². The normalized spacial score (nSPS) is 18.5. The maximum atomic E-state index is 6.24. The van der Waals surface area contributed by atoms with Crippen LogP contribution in [0.25, 0.3) is 21.2 Å². The summed E-state index contributed by atoms with van der Waals surface area (Å²) < 4.78 is 13.4. The van der Waals surface area contributed by atoms with E-state index in [1.54, 1.807) is 18.4 Å².